The van der Waals surface area contributed by atoms with Crippen molar-refractivity contribution in [2.24, 2.45) is 0 Å². The van der Waals surface area contributed by atoms with Crippen molar-refractivity contribution in [3.63, 3.8) is 0 Å². The standard InChI is InChI=1S/C32H63N3O.2ClH/c1-8-10-12-14-16-18-20-22-26-34(3,4)28-30-24-25-32(36-7)31(33-30)29-35(5,6)27-23-21-19-17-15-13-11-9-2;;/h24-25H,8-23,26-29H2,1-7H3;2*1H/q+2;;/p-2. The van der Waals surface area contributed by atoms with Crippen molar-refractivity contribution in [2.45, 2.75) is 130 Å². The van der Waals surface area contributed by atoms with Gasteiger partial charge in [-0.1, -0.05) is 90.9 Å². The summed E-state index contributed by atoms with van der Waals surface area (Å²) in [5.74, 6) is 0.939. The normalized spacial score (nSPS) is 11.7. The molecule has 1 aromatic rings. The fourth-order valence-electron chi connectivity index (χ4n) is 5.27. The van der Waals surface area contributed by atoms with Crippen LogP contribution in [0.25, 0.3) is 0 Å². The number of rotatable bonds is 23. The average molecular weight is 577 g/mol. The molecule has 0 aliphatic carbocycles. The fraction of sp³-hybridized carbons (Fsp3) is 0.844. The zero-order valence-corrected chi connectivity index (χ0v) is 27.8. The Balaban J connectivity index is 0. The van der Waals surface area contributed by atoms with E-state index in [9.17, 15) is 0 Å². The topological polar surface area (TPSA) is 22.1 Å². The predicted molar refractivity (Wildman–Crippen MR) is 157 cm³/mol. The lowest BCUT2D eigenvalue weighted by molar-refractivity contribution is -0.905. The number of ether oxygens (including phenoxy) is 1. The maximum absolute atomic E-state index is 5.72. The molecule has 4 nitrogen and oxygen atoms in total. The summed E-state index contributed by atoms with van der Waals surface area (Å²) in [4.78, 5) is 5.13. The summed E-state index contributed by atoms with van der Waals surface area (Å²) < 4.78 is 7.69. The smallest absolute Gasteiger partial charge is 0.146 e. The van der Waals surface area contributed by atoms with E-state index in [0.29, 0.717) is 0 Å². The minimum absolute atomic E-state index is 0. The third-order valence-electron chi connectivity index (χ3n) is 7.61. The molecule has 0 amide bonds. The molecule has 226 valence electrons. The van der Waals surface area contributed by atoms with E-state index in [2.05, 4.69) is 54.2 Å². The van der Waals surface area contributed by atoms with Crippen LogP contribution < -0.4 is 29.6 Å². The van der Waals surface area contributed by atoms with Crippen LogP contribution in [0, 0.1) is 0 Å². The molecule has 0 aromatic carbocycles. The molecular weight excluding hydrogens is 513 g/mol. The third-order valence-corrected chi connectivity index (χ3v) is 7.61. The Morgan fingerprint density at radius 3 is 1.39 bits per heavy atom. The van der Waals surface area contributed by atoms with E-state index in [0.717, 1.165) is 33.5 Å². The molecule has 0 bridgehead atoms. The van der Waals surface area contributed by atoms with Gasteiger partial charge in [-0.2, -0.15) is 0 Å². The Morgan fingerprint density at radius 1 is 0.579 bits per heavy atom. The van der Waals surface area contributed by atoms with Crippen LogP contribution in [0.2, 0.25) is 0 Å². The van der Waals surface area contributed by atoms with Crippen LogP contribution >= 0.6 is 0 Å². The van der Waals surface area contributed by atoms with Crippen LogP contribution in [0.1, 0.15) is 128 Å². The van der Waals surface area contributed by atoms with E-state index in [1.807, 2.05) is 0 Å². The number of hydrogen-bond acceptors (Lipinski definition) is 2. The zero-order chi connectivity index (χ0) is 26.7. The highest BCUT2D eigenvalue weighted by Gasteiger charge is 2.22. The van der Waals surface area contributed by atoms with Gasteiger partial charge in [0.2, 0.25) is 0 Å². The van der Waals surface area contributed by atoms with Crippen molar-refractivity contribution in [3.8, 4) is 5.75 Å². The van der Waals surface area contributed by atoms with Crippen molar-refractivity contribution in [2.75, 3.05) is 48.4 Å². The Labute approximate surface area is 250 Å². The summed E-state index contributed by atoms with van der Waals surface area (Å²) in [6.07, 6.45) is 22.0. The van der Waals surface area contributed by atoms with Crippen LogP contribution in [0.4, 0.5) is 0 Å². The largest absolute Gasteiger partial charge is 1.00 e. The first kappa shape index (κ1) is 39.6. The SMILES string of the molecule is CCCCCCCCCC[N+](C)(C)Cc1ccc(OC)c(C[N+](C)(C)CCCCCCCCCC)n1.[Cl-].[Cl-]. The van der Waals surface area contributed by atoms with Gasteiger partial charge in [-0.05, 0) is 37.8 Å². The van der Waals surface area contributed by atoms with Crippen LogP contribution in [-0.4, -0.2) is 62.3 Å². The highest BCUT2D eigenvalue weighted by Crippen LogP contribution is 2.23. The van der Waals surface area contributed by atoms with Gasteiger partial charge in [-0.15, -0.1) is 0 Å². The molecule has 1 aromatic heterocycles. The first-order valence-electron chi connectivity index (χ1n) is 15.4. The van der Waals surface area contributed by atoms with Crippen LogP contribution in [0.3, 0.4) is 0 Å². The summed E-state index contributed by atoms with van der Waals surface area (Å²) in [7, 11) is 11.2. The van der Waals surface area contributed by atoms with E-state index in [1.54, 1.807) is 7.11 Å². The molecule has 0 atom stereocenters. The number of unbranched alkanes of at least 4 members (excludes halogenated alkanes) is 14. The lowest BCUT2D eigenvalue weighted by Gasteiger charge is -2.31. The summed E-state index contributed by atoms with van der Waals surface area (Å²) in [6.45, 7) is 8.91. The lowest BCUT2D eigenvalue weighted by Crippen LogP contribution is -3.00. The Kier molecular flexibility index (Phi) is 24.2. The Morgan fingerprint density at radius 2 is 0.974 bits per heavy atom. The number of aromatic nitrogens is 1. The Bertz CT molecular complexity index is 683. The molecule has 0 saturated carbocycles. The number of pyridine rings is 1. The maximum Gasteiger partial charge on any atom is 0.146 e. The Hall–Kier alpha value is -0.550. The number of nitrogens with zero attached hydrogens (tertiary/aromatic N) is 3. The monoisotopic (exact) mass is 575 g/mol. The summed E-state index contributed by atoms with van der Waals surface area (Å²) >= 11 is 0. The second-order valence-electron chi connectivity index (χ2n) is 12.5. The fourth-order valence-corrected chi connectivity index (χ4v) is 5.27. The molecule has 0 aliphatic heterocycles. The summed E-state index contributed by atoms with van der Waals surface area (Å²) in [5, 5.41) is 0. The average Bonchev–Trinajstić information content (AvgIpc) is 2.82. The van der Waals surface area contributed by atoms with Crippen molar-refractivity contribution in [1.29, 1.82) is 0 Å². The molecule has 1 heterocycles. The number of hydrogen-bond donors (Lipinski definition) is 0. The maximum atomic E-state index is 5.72. The predicted octanol–water partition coefficient (Wildman–Crippen LogP) is 2.53. The van der Waals surface area contributed by atoms with E-state index in [-0.39, 0.29) is 24.8 Å². The van der Waals surface area contributed by atoms with Gasteiger partial charge in [0.15, 0.2) is 0 Å². The van der Waals surface area contributed by atoms with Gasteiger partial charge in [-0.3, -0.25) is 0 Å². The van der Waals surface area contributed by atoms with E-state index in [4.69, 9.17) is 9.72 Å². The second-order valence-corrected chi connectivity index (χ2v) is 12.5. The molecule has 38 heavy (non-hydrogen) atoms. The van der Waals surface area contributed by atoms with Crippen LogP contribution in [0.5, 0.6) is 5.75 Å². The van der Waals surface area contributed by atoms with Crippen LogP contribution in [-0.2, 0) is 13.1 Å². The molecule has 0 saturated heterocycles. The number of quaternary nitrogens is 2. The number of methoxy groups -OCH3 is 1. The minimum Gasteiger partial charge on any atom is -1.00 e. The van der Waals surface area contributed by atoms with Gasteiger partial charge in [0.1, 0.15) is 24.5 Å². The summed E-state index contributed by atoms with van der Waals surface area (Å²) in [6, 6.07) is 4.32. The molecule has 0 aliphatic rings. The van der Waals surface area contributed by atoms with Crippen molar-refractivity contribution >= 4 is 0 Å². The van der Waals surface area contributed by atoms with Crippen molar-refractivity contribution in [3.05, 3.63) is 23.5 Å². The molecule has 0 N–H and O–H groups in total. The molecule has 0 spiro atoms. The first-order chi connectivity index (χ1) is 17.2. The van der Waals surface area contributed by atoms with Gasteiger partial charge in [-0.25, -0.2) is 4.98 Å². The quantitative estimate of drug-likeness (QED) is 0.148. The molecular formula is C32H63Cl2N3O. The van der Waals surface area contributed by atoms with E-state index >= 15 is 0 Å². The van der Waals surface area contributed by atoms with Gasteiger partial charge < -0.3 is 38.5 Å². The zero-order valence-electron chi connectivity index (χ0n) is 26.3. The van der Waals surface area contributed by atoms with Gasteiger partial charge in [0.25, 0.3) is 0 Å². The third kappa shape index (κ3) is 19.5. The highest BCUT2D eigenvalue weighted by atomic mass is 35.5. The lowest BCUT2D eigenvalue weighted by atomic mass is 10.1. The molecule has 0 fully saturated rings. The minimum atomic E-state index is 0. The molecule has 0 unspecified atom stereocenters. The van der Waals surface area contributed by atoms with Gasteiger partial charge in [0.05, 0.1) is 54.1 Å². The van der Waals surface area contributed by atoms with Crippen LogP contribution in [0.15, 0.2) is 12.1 Å². The first-order valence-corrected chi connectivity index (χ1v) is 15.4. The molecule has 6 heteroatoms. The molecule has 0 radical (unpaired) electrons. The second kappa shape index (κ2) is 23.2. The van der Waals surface area contributed by atoms with Crippen molar-refractivity contribution in [1.82, 2.24) is 4.98 Å². The number of halogens is 2. The summed E-state index contributed by atoms with van der Waals surface area (Å²) in [5.41, 5.74) is 2.31. The van der Waals surface area contributed by atoms with Gasteiger partial charge >= 0.3 is 0 Å². The van der Waals surface area contributed by atoms with Crippen molar-refractivity contribution < 1.29 is 38.5 Å². The van der Waals surface area contributed by atoms with E-state index < -0.39 is 0 Å². The highest BCUT2D eigenvalue weighted by molar-refractivity contribution is 5.28. The van der Waals surface area contributed by atoms with E-state index in [1.165, 1.54) is 122 Å². The van der Waals surface area contributed by atoms with Gasteiger partial charge in [0, 0.05) is 0 Å². The molecule has 1 rings (SSSR count).